The molecule has 0 radical (unpaired) electrons. The summed E-state index contributed by atoms with van der Waals surface area (Å²) in [5.74, 6) is 1.15. The zero-order chi connectivity index (χ0) is 8.84. The normalized spacial score (nSPS) is 37.1. The van der Waals surface area contributed by atoms with Gasteiger partial charge in [0.25, 0.3) is 0 Å². The van der Waals surface area contributed by atoms with Crippen molar-refractivity contribution in [3.8, 4) is 0 Å². The van der Waals surface area contributed by atoms with Crippen molar-refractivity contribution < 1.29 is 0 Å². The van der Waals surface area contributed by atoms with Crippen LogP contribution in [0.4, 0.5) is 5.95 Å². The summed E-state index contributed by atoms with van der Waals surface area (Å²) in [5.41, 5.74) is 5.49. The second-order valence-corrected chi connectivity index (χ2v) is 3.96. The number of nitrogens with two attached hydrogens (primary N) is 1. The molecule has 2 aliphatic rings. The van der Waals surface area contributed by atoms with Gasteiger partial charge in [-0.05, 0) is 18.9 Å². The number of nitrogens with zero attached hydrogens (tertiary/aromatic N) is 4. The highest BCUT2D eigenvalue weighted by Gasteiger charge is 2.39. The lowest BCUT2D eigenvalue weighted by Crippen LogP contribution is -2.26. The van der Waals surface area contributed by atoms with Crippen LogP contribution in [0.3, 0.4) is 0 Å². The standard InChI is InChI=1S/C8H13N5/c9-8-10-5-13(11-8)7-4-12-2-1-6(7)3-12/h5-7H,1-4H2,(H2,9,11). The van der Waals surface area contributed by atoms with Crippen LogP contribution < -0.4 is 5.73 Å². The Labute approximate surface area is 76.5 Å². The Hall–Kier alpha value is -1.10. The average Bonchev–Trinajstić information content (AvgIpc) is 2.77. The Bertz CT molecular complexity index is 320. The molecule has 2 fully saturated rings. The summed E-state index contributed by atoms with van der Waals surface area (Å²) < 4.78 is 1.93. The van der Waals surface area contributed by atoms with Gasteiger partial charge in [-0.25, -0.2) is 9.67 Å². The maximum absolute atomic E-state index is 5.49. The number of rotatable bonds is 1. The molecular weight excluding hydrogens is 166 g/mol. The largest absolute Gasteiger partial charge is 0.367 e. The molecule has 1 aromatic rings. The van der Waals surface area contributed by atoms with E-state index >= 15 is 0 Å². The summed E-state index contributed by atoms with van der Waals surface area (Å²) in [5, 5.41) is 4.17. The predicted molar refractivity (Wildman–Crippen MR) is 48.0 cm³/mol. The molecule has 3 rings (SSSR count). The van der Waals surface area contributed by atoms with Crippen molar-refractivity contribution in [3.63, 3.8) is 0 Å². The molecule has 70 valence electrons. The minimum absolute atomic E-state index is 0.387. The predicted octanol–water partition coefficient (Wildman–Crippen LogP) is -0.263. The molecule has 2 bridgehead atoms. The summed E-state index contributed by atoms with van der Waals surface area (Å²) in [6, 6.07) is 0.513. The molecule has 1 aromatic heterocycles. The molecule has 0 amide bonds. The second kappa shape index (κ2) is 2.45. The van der Waals surface area contributed by atoms with Crippen LogP contribution in [0.5, 0.6) is 0 Å². The monoisotopic (exact) mass is 179 g/mol. The van der Waals surface area contributed by atoms with Crippen molar-refractivity contribution in [3.05, 3.63) is 6.33 Å². The number of hydrogen-bond donors (Lipinski definition) is 1. The average molecular weight is 179 g/mol. The third-order valence-electron chi connectivity index (χ3n) is 3.16. The topological polar surface area (TPSA) is 60.0 Å². The van der Waals surface area contributed by atoms with E-state index in [0.29, 0.717) is 12.0 Å². The van der Waals surface area contributed by atoms with Crippen LogP contribution in [0.15, 0.2) is 6.33 Å². The van der Waals surface area contributed by atoms with E-state index in [-0.39, 0.29) is 0 Å². The van der Waals surface area contributed by atoms with E-state index in [1.807, 2.05) is 4.68 Å². The van der Waals surface area contributed by atoms with Gasteiger partial charge in [-0.15, -0.1) is 5.10 Å². The Morgan fingerprint density at radius 1 is 1.46 bits per heavy atom. The van der Waals surface area contributed by atoms with Crippen LogP contribution in [-0.4, -0.2) is 39.3 Å². The minimum Gasteiger partial charge on any atom is -0.367 e. The number of anilines is 1. The van der Waals surface area contributed by atoms with Crippen molar-refractivity contribution in [1.82, 2.24) is 19.7 Å². The molecule has 13 heavy (non-hydrogen) atoms. The van der Waals surface area contributed by atoms with Crippen molar-refractivity contribution in [2.45, 2.75) is 12.5 Å². The first kappa shape index (κ1) is 7.32. The SMILES string of the molecule is Nc1ncn(C2CN3CCC2C3)n1. The summed E-state index contributed by atoms with van der Waals surface area (Å²) in [6.07, 6.45) is 3.05. The van der Waals surface area contributed by atoms with Crippen LogP contribution in [0.1, 0.15) is 12.5 Å². The molecule has 5 heteroatoms. The highest BCUT2D eigenvalue weighted by molar-refractivity contribution is 5.10. The smallest absolute Gasteiger partial charge is 0.239 e. The molecule has 3 unspecified atom stereocenters. The lowest BCUT2D eigenvalue weighted by molar-refractivity contribution is 0.285. The lowest BCUT2D eigenvalue weighted by Gasteiger charge is -2.21. The molecular formula is C8H13N5. The molecule has 5 nitrogen and oxygen atoms in total. The quantitative estimate of drug-likeness (QED) is 0.645. The van der Waals surface area contributed by atoms with Crippen LogP contribution in [0, 0.1) is 5.92 Å². The summed E-state index contributed by atoms with van der Waals surface area (Å²) in [7, 11) is 0. The first-order valence-corrected chi connectivity index (χ1v) is 4.72. The highest BCUT2D eigenvalue weighted by atomic mass is 15.4. The van der Waals surface area contributed by atoms with E-state index < -0.39 is 0 Å². The Balaban J connectivity index is 1.87. The second-order valence-electron chi connectivity index (χ2n) is 3.96. The van der Waals surface area contributed by atoms with Crippen LogP contribution >= 0.6 is 0 Å². The van der Waals surface area contributed by atoms with E-state index in [0.717, 1.165) is 12.5 Å². The molecule has 3 atom stereocenters. The van der Waals surface area contributed by atoms with Gasteiger partial charge in [0.15, 0.2) is 0 Å². The van der Waals surface area contributed by atoms with Gasteiger partial charge in [0, 0.05) is 13.1 Å². The third-order valence-corrected chi connectivity index (χ3v) is 3.16. The van der Waals surface area contributed by atoms with Crippen molar-refractivity contribution in [2.75, 3.05) is 25.4 Å². The highest BCUT2D eigenvalue weighted by Crippen LogP contribution is 2.35. The molecule has 0 saturated carbocycles. The van der Waals surface area contributed by atoms with Crippen LogP contribution in [0.25, 0.3) is 0 Å². The first-order chi connectivity index (χ1) is 6.33. The molecule has 3 heterocycles. The fourth-order valence-electron chi connectivity index (χ4n) is 2.50. The summed E-state index contributed by atoms with van der Waals surface area (Å²) in [6.45, 7) is 3.60. The summed E-state index contributed by atoms with van der Waals surface area (Å²) >= 11 is 0. The first-order valence-electron chi connectivity index (χ1n) is 4.72. The van der Waals surface area contributed by atoms with E-state index in [1.54, 1.807) is 6.33 Å². The van der Waals surface area contributed by atoms with Gasteiger partial charge in [0.1, 0.15) is 6.33 Å². The molecule has 2 saturated heterocycles. The van der Waals surface area contributed by atoms with E-state index in [2.05, 4.69) is 15.0 Å². The van der Waals surface area contributed by atoms with Crippen LogP contribution in [-0.2, 0) is 0 Å². The number of hydrogen-bond acceptors (Lipinski definition) is 4. The third kappa shape index (κ3) is 1.03. The number of aromatic nitrogens is 3. The van der Waals surface area contributed by atoms with Gasteiger partial charge in [0.2, 0.25) is 5.95 Å². The lowest BCUT2D eigenvalue weighted by atomic mass is 10.0. The van der Waals surface area contributed by atoms with Gasteiger partial charge in [0.05, 0.1) is 6.04 Å². The Morgan fingerprint density at radius 3 is 2.92 bits per heavy atom. The number of piperidine rings is 1. The maximum Gasteiger partial charge on any atom is 0.239 e. The van der Waals surface area contributed by atoms with Gasteiger partial charge in [-0.2, -0.15) is 0 Å². The van der Waals surface area contributed by atoms with Crippen molar-refractivity contribution >= 4 is 5.95 Å². The van der Waals surface area contributed by atoms with Gasteiger partial charge in [-0.1, -0.05) is 0 Å². The molecule has 0 aliphatic carbocycles. The van der Waals surface area contributed by atoms with Gasteiger partial charge in [-0.3, -0.25) is 0 Å². The number of nitrogen functional groups attached to an aromatic ring is 1. The summed E-state index contributed by atoms with van der Waals surface area (Å²) in [4.78, 5) is 6.44. The number of fused-ring (bicyclic) bond motifs is 2. The molecule has 0 aromatic carbocycles. The van der Waals surface area contributed by atoms with Crippen LogP contribution in [0.2, 0.25) is 0 Å². The fourth-order valence-corrected chi connectivity index (χ4v) is 2.50. The zero-order valence-corrected chi connectivity index (χ0v) is 7.43. The van der Waals surface area contributed by atoms with Gasteiger partial charge < -0.3 is 10.6 Å². The Kier molecular flexibility index (Phi) is 1.38. The maximum atomic E-state index is 5.49. The molecule has 0 spiro atoms. The van der Waals surface area contributed by atoms with Crippen molar-refractivity contribution in [2.24, 2.45) is 5.92 Å². The minimum atomic E-state index is 0.387. The van der Waals surface area contributed by atoms with Crippen molar-refractivity contribution in [1.29, 1.82) is 0 Å². The molecule has 2 N–H and O–H groups in total. The molecule has 2 aliphatic heterocycles. The zero-order valence-electron chi connectivity index (χ0n) is 7.43. The fraction of sp³-hybridized carbons (Fsp3) is 0.750. The van der Waals surface area contributed by atoms with E-state index in [4.69, 9.17) is 5.73 Å². The van der Waals surface area contributed by atoms with E-state index in [1.165, 1.54) is 19.5 Å². The van der Waals surface area contributed by atoms with Gasteiger partial charge >= 0.3 is 0 Å². The Morgan fingerprint density at radius 2 is 2.38 bits per heavy atom. The van der Waals surface area contributed by atoms with E-state index in [9.17, 15) is 0 Å².